The number of nitrogens with one attached hydrogen (secondary N) is 1. The molecular formula is C48H43N3O9. The van der Waals surface area contributed by atoms with Gasteiger partial charge in [0.05, 0.1) is 37.0 Å². The number of ether oxygens (including phenoxy) is 2. The monoisotopic (exact) mass is 805 g/mol. The van der Waals surface area contributed by atoms with Gasteiger partial charge in [0.25, 0.3) is 0 Å². The number of hydrogen-bond donors (Lipinski definition) is 4. The summed E-state index contributed by atoms with van der Waals surface area (Å²) in [5.41, 5.74) is 1.14. The van der Waals surface area contributed by atoms with Crippen LogP contribution in [-0.2, 0) is 24.5 Å². The molecular weight excluding hydrogens is 763 g/mol. The highest BCUT2D eigenvalue weighted by atomic mass is 16.6. The van der Waals surface area contributed by atoms with Crippen molar-refractivity contribution in [3.8, 4) is 17.6 Å². The zero-order chi connectivity index (χ0) is 42.0. The molecule has 3 aliphatic rings. The van der Waals surface area contributed by atoms with Gasteiger partial charge in [0, 0.05) is 12.0 Å². The predicted molar refractivity (Wildman–Crippen MR) is 221 cm³/mol. The van der Waals surface area contributed by atoms with E-state index in [1.165, 1.54) is 0 Å². The number of carboxylic acids is 1. The van der Waals surface area contributed by atoms with Crippen LogP contribution in [0.5, 0.6) is 5.75 Å². The molecule has 0 radical (unpaired) electrons. The minimum Gasteiger partial charge on any atom is -0.491 e. The first kappa shape index (κ1) is 40.0. The first-order valence-electron chi connectivity index (χ1n) is 19.8. The summed E-state index contributed by atoms with van der Waals surface area (Å²) in [5.74, 6) is 1.34. The quantitative estimate of drug-likeness (QED) is 0.0970. The normalized spacial score (nSPS) is 23.5. The highest BCUT2D eigenvalue weighted by molar-refractivity contribution is 6.24. The maximum Gasteiger partial charge on any atom is 0.329 e. The van der Waals surface area contributed by atoms with Crippen LogP contribution < -0.4 is 15.0 Å². The number of aliphatic hydroxyl groups excluding tert-OH is 2. The average molecular weight is 806 g/mol. The van der Waals surface area contributed by atoms with Crippen molar-refractivity contribution in [1.82, 2.24) is 10.2 Å². The summed E-state index contributed by atoms with van der Waals surface area (Å²) >= 11 is 0. The molecule has 2 fully saturated rings. The van der Waals surface area contributed by atoms with Crippen molar-refractivity contribution >= 4 is 29.6 Å². The molecule has 0 saturated carbocycles. The minimum atomic E-state index is -2.15. The molecule has 5 aromatic rings. The Morgan fingerprint density at radius 2 is 1.48 bits per heavy atom. The van der Waals surface area contributed by atoms with E-state index < -0.39 is 65.5 Å². The molecule has 3 heterocycles. The van der Waals surface area contributed by atoms with Crippen LogP contribution in [0.3, 0.4) is 0 Å². The van der Waals surface area contributed by atoms with Gasteiger partial charge in [-0.3, -0.25) is 19.3 Å². The lowest BCUT2D eigenvalue weighted by atomic mass is 9.65. The van der Waals surface area contributed by atoms with E-state index in [1.807, 2.05) is 91.0 Å². The molecule has 0 aliphatic carbocycles. The van der Waals surface area contributed by atoms with Crippen molar-refractivity contribution in [2.45, 2.75) is 49.0 Å². The van der Waals surface area contributed by atoms with Crippen LogP contribution in [0.2, 0.25) is 0 Å². The Kier molecular flexibility index (Phi) is 11.2. The van der Waals surface area contributed by atoms with Crippen LogP contribution in [0.15, 0.2) is 133 Å². The van der Waals surface area contributed by atoms with Gasteiger partial charge >= 0.3 is 18.0 Å². The van der Waals surface area contributed by atoms with Crippen LogP contribution >= 0.6 is 0 Å². The summed E-state index contributed by atoms with van der Waals surface area (Å²) in [5, 5.41) is 33.7. The molecule has 12 heteroatoms. The molecule has 7 unspecified atom stereocenters. The Morgan fingerprint density at radius 3 is 2.15 bits per heavy atom. The van der Waals surface area contributed by atoms with Crippen molar-refractivity contribution in [2.24, 2.45) is 5.92 Å². The summed E-state index contributed by atoms with van der Waals surface area (Å²) in [7, 11) is 0. The standard InChI is InChI=1S/C48H43N3O9/c1-30(32-15-5-2-6-16-32)49-47(58)50-38-24-23-31(14-11-12-25-52)28-37(38)48(46(50)57)39(44(54)55)41-45(56)60-42(34-19-9-4-10-20-34)40(33-17-7-3-8-18-33)51(41)43(48)35-21-13-22-36(29-35)59-27-26-53/h2-10,13,15-24,28-30,39-43,52-53H,12,25-27H2,1H3,(H,49,58)(H,54,55). The van der Waals surface area contributed by atoms with E-state index in [2.05, 4.69) is 17.2 Å². The van der Waals surface area contributed by atoms with Crippen molar-refractivity contribution in [3.05, 3.63) is 167 Å². The Morgan fingerprint density at radius 1 is 0.817 bits per heavy atom. The Bertz CT molecular complexity index is 2470. The fourth-order valence-electron chi connectivity index (χ4n) is 9.20. The molecule has 60 heavy (non-hydrogen) atoms. The highest BCUT2D eigenvalue weighted by Gasteiger charge is 2.76. The average Bonchev–Trinajstić information content (AvgIpc) is 3.73. The zero-order valence-electron chi connectivity index (χ0n) is 32.7. The maximum absolute atomic E-state index is 16.0. The van der Waals surface area contributed by atoms with Gasteiger partial charge < -0.3 is 30.1 Å². The van der Waals surface area contributed by atoms with E-state index in [9.17, 15) is 29.7 Å². The third-order valence-corrected chi connectivity index (χ3v) is 11.6. The molecule has 8 rings (SSSR count). The number of carbonyl (C=O) groups is 4. The molecule has 0 bridgehead atoms. The lowest BCUT2D eigenvalue weighted by Gasteiger charge is -2.46. The minimum absolute atomic E-state index is 0.0381. The molecule has 0 aromatic heterocycles. The van der Waals surface area contributed by atoms with Gasteiger partial charge in [0.2, 0.25) is 5.91 Å². The lowest BCUT2D eigenvalue weighted by Crippen LogP contribution is -2.54. The molecule has 304 valence electrons. The van der Waals surface area contributed by atoms with Crippen LogP contribution in [0.4, 0.5) is 10.5 Å². The number of benzene rings is 5. The summed E-state index contributed by atoms with van der Waals surface area (Å²) in [6, 6.07) is 34.4. The Labute approximate surface area is 347 Å². The number of nitrogens with zero attached hydrogens (tertiary/aromatic N) is 2. The van der Waals surface area contributed by atoms with Gasteiger partial charge in [-0.05, 0) is 65.1 Å². The molecule has 7 atom stereocenters. The van der Waals surface area contributed by atoms with Gasteiger partial charge in [-0.2, -0.15) is 0 Å². The number of urea groups is 1. The SMILES string of the molecule is CC(NC(=O)N1C(=O)C2(c3cc(C#CCCO)ccc31)C(C(=O)O)C1C(=O)OC(c3ccccc3)C(c3ccccc3)N1C2c1cccc(OCCO)c1)c1ccccc1. The fourth-order valence-corrected chi connectivity index (χ4v) is 9.20. The third-order valence-electron chi connectivity index (χ3n) is 11.6. The van der Waals surface area contributed by atoms with Crippen LogP contribution in [0.25, 0.3) is 0 Å². The number of fused-ring (bicyclic) bond motifs is 3. The van der Waals surface area contributed by atoms with E-state index in [1.54, 1.807) is 54.3 Å². The number of carboxylic acid groups (broad SMARTS) is 1. The number of aliphatic hydroxyl groups is 2. The molecule has 1 spiro atoms. The van der Waals surface area contributed by atoms with Gasteiger partial charge in [-0.15, -0.1) is 0 Å². The van der Waals surface area contributed by atoms with Crippen LogP contribution in [0, 0.1) is 17.8 Å². The van der Waals surface area contributed by atoms with E-state index >= 15 is 4.79 Å². The third kappa shape index (κ3) is 6.86. The van der Waals surface area contributed by atoms with Crippen molar-refractivity contribution in [2.75, 3.05) is 24.7 Å². The molecule has 12 nitrogen and oxygen atoms in total. The lowest BCUT2D eigenvalue weighted by molar-refractivity contribution is -0.179. The second-order valence-corrected chi connectivity index (χ2v) is 15.0. The van der Waals surface area contributed by atoms with Crippen molar-refractivity contribution in [3.63, 3.8) is 0 Å². The first-order valence-corrected chi connectivity index (χ1v) is 19.8. The van der Waals surface area contributed by atoms with Crippen molar-refractivity contribution in [1.29, 1.82) is 0 Å². The topological polar surface area (TPSA) is 166 Å². The zero-order valence-corrected chi connectivity index (χ0v) is 32.7. The largest absolute Gasteiger partial charge is 0.491 e. The Balaban J connectivity index is 1.42. The van der Waals surface area contributed by atoms with Gasteiger partial charge in [-0.1, -0.05) is 115 Å². The number of morpholine rings is 1. The van der Waals surface area contributed by atoms with Crippen molar-refractivity contribution < 1.29 is 44.0 Å². The highest BCUT2D eigenvalue weighted by Crippen LogP contribution is 2.66. The second kappa shape index (κ2) is 16.8. The predicted octanol–water partition coefficient (Wildman–Crippen LogP) is 6.01. The van der Waals surface area contributed by atoms with Crippen LogP contribution in [0.1, 0.15) is 71.0 Å². The number of anilines is 1. The number of hydrogen-bond acceptors (Lipinski definition) is 9. The number of carbonyl (C=O) groups excluding carboxylic acids is 3. The van der Waals surface area contributed by atoms with E-state index in [0.29, 0.717) is 28.0 Å². The number of cyclic esters (lactones) is 1. The van der Waals surface area contributed by atoms with Gasteiger partial charge in [0.1, 0.15) is 35.8 Å². The Hall–Kier alpha value is -6.78. The van der Waals surface area contributed by atoms with Gasteiger partial charge in [0.15, 0.2) is 0 Å². The second-order valence-electron chi connectivity index (χ2n) is 15.0. The number of rotatable bonds is 10. The van der Waals surface area contributed by atoms with E-state index in [0.717, 1.165) is 10.5 Å². The number of amides is 3. The molecule has 4 N–H and O–H groups in total. The summed E-state index contributed by atoms with van der Waals surface area (Å²) in [4.78, 5) is 62.5. The number of esters is 1. The molecule has 5 aromatic carbocycles. The molecule has 3 amide bonds. The molecule has 2 saturated heterocycles. The smallest absolute Gasteiger partial charge is 0.329 e. The first-order chi connectivity index (χ1) is 29.2. The summed E-state index contributed by atoms with van der Waals surface area (Å²) in [6.45, 7) is 1.29. The fraction of sp³-hybridized carbons (Fsp3) is 0.250. The van der Waals surface area contributed by atoms with Crippen LogP contribution in [-0.4, -0.2) is 70.0 Å². The maximum atomic E-state index is 16.0. The van der Waals surface area contributed by atoms with E-state index in [4.69, 9.17) is 9.47 Å². The van der Waals surface area contributed by atoms with Gasteiger partial charge in [-0.25, -0.2) is 9.69 Å². The number of aliphatic carboxylic acids is 1. The van der Waals surface area contributed by atoms with E-state index in [-0.39, 0.29) is 37.5 Å². The summed E-state index contributed by atoms with van der Waals surface area (Å²) in [6.07, 6.45) is -0.786. The number of imide groups is 1. The summed E-state index contributed by atoms with van der Waals surface area (Å²) < 4.78 is 12.2. The molecule has 3 aliphatic heterocycles.